The molecule has 0 bridgehead atoms. The summed E-state index contributed by atoms with van der Waals surface area (Å²) in [5.41, 5.74) is 3.09. The lowest BCUT2D eigenvalue weighted by Gasteiger charge is -2.05. The molecular weight excluding hydrogens is 228 g/mol. The summed E-state index contributed by atoms with van der Waals surface area (Å²) >= 11 is 0. The van der Waals surface area contributed by atoms with E-state index in [2.05, 4.69) is 10.5 Å². The predicted octanol–water partition coefficient (Wildman–Crippen LogP) is 2.36. The zero-order chi connectivity index (χ0) is 13.0. The third-order valence-electron chi connectivity index (χ3n) is 2.36. The molecule has 0 atom stereocenters. The van der Waals surface area contributed by atoms with E-state index >= 15 is 0 Å². The molecular formula is C13H8N4O. The van der Waals surface area contributed by atoms with Crippen LogP contribution in [0.15, 0.2) is 41.5 Å². The molecule has 0 aliphatic rings. The molecule has 0 radical (unpaired) electrons. The summed E-state index contributed by atoms with van der Waals surface area (Å²) in [6.45, 7) is 0. The smallest absolute Gasteiger partial charge is 0.237 e. The molecule has 0 fully saturated rings. The molecule has 5 nitrogen and oxygen atoms in total. The number of rotatable bonds is 2. The molecule has 0 aliphatic carbocycles. The van der Waals surface area contributed by atoms with Gasteiger partial charge in [0.1, 0.15) is 17.9 Å². The molecule has 0 saturated carbocycles. The van der Waals surface area contributed by atoms with E-state index in [4.69, 9.17) is 10.5 Å². The van der Waals surface area contributed by atoms with E-state index in [1.54, 1.807) is 42.5 Å². The van der Waals surface area contributed by atoms with Crippen LogP contribution in [0.3, 0.4) is 0 Å². The molecule has 2 N–H and O–H groups in total. The number of aromatic hydroxyl groups is 1. The van der Waals surface area contributed by atoms with E-state index in [-0.39, 0.29) is 11.5 Å². The van der Waals surface area contributed by atoms with Crippen LogP contribution in [-0.4, -0.2) is 10.8 Å². The topological polar surface area (TPSA) is 92.2 Å². The highest BCUT2D eigenvalue weighted by Gasteiger charge is 2.01. The van der Waals surface area contributed by atoms with Crippen molar-refractivity contribution < 1.29 is 5.11 Å². The van der Waals surface area contributed by atoms with Crippen LogP contribution in [0.2, 0.25) is 0 Å². The minimum atomic E-state index is -0.245. The molecule has 2 aromatic carbocycles. The summed E-state index contributed by atoms with van der Waals surface area (Å²) in [5.74, 6) is 0.179. The maximum absolute atomic E-state index is 9.38. The van der Waals surface area contributed by atoms with Crippen LogP contribution in [0, 0.1) is 22.7 Å². The molecule has 5 heteroatoms. The maximum atomic E-state index is 9.38. The van der Waals surface area contributed by atoms with E-state index < -0.39 is 0 Å². The third-order valence-corrected chi connectivity index (χ3v) is 2.36. The summed E-state index contributed by atoms with van der Waals surface area (Å²) in [6.07, 6.45) is 0. The van der Waals surface area contributed by atoms with E-state index in [9.17, 15) is 5.11 Å². The Morgan fingerprint density at radius 2 is 1.94 bits per heavy atom. The second-order valence-corrected chi connectivity index (χ2v) is 3.51. The zero-order valence-corrected chi connectivity index (χ0v) is 9.25. The van der Waals surface area contributed by atoms with Crippen LogP contribution in [0.1, 0.15) is 0 Å². The quantitative estimate of drug-likeness (QED) is 0.618. The van der Waals surface area contributed by atoms with Gasteiger partial charge in [-0.05, 0) is 29.7 Å². The van der Waals surface area contributed by atoms with Gasteiger partial charge >= 0.3 is 0 Å². The summed E-state index contributed by atoms with van der Waals surface area (Å²) in [5, 5.41) is 31.9. The molecule has 2 rings (SSSR count). The number of nitrogens with one attached hydrogen (secondary N) is 1. The highest BCUT2D eigenvalue weighted by atomic mass is 16.3. The van der Waals surface area contributed by atoms with Crippen molar-refractivity contribution in [2.45, 2.75) is 0 Å². The van der Waals surface area contributed by atoms with E-state index in [0.717, 1.165) is 10.8 Å². The van der Waals surface area contributed by atoms with Crippen molar-refractivity contribution in [3.05, 3.63) is 36.4 Å². The lowest BCUT2D eigenvalue weighted by Crippen LogP contribution is -1.96. The molecule has 0 spiro atoms. The van der Waals surface area contributed by atoms with Gasteiger partial charge in [-0.1, -0.05) is 12.1 Å². The molecule has 0 heterocycles. The first-order chi connectivity index (χ1) is 8.74. The van der Waals surface area contributed by atoms with Crippen LogP contribution in [0.25, 0.3) is 10.8 Å². The molecule has 0 amide bonds. The minimum Gasteiger partial charge on any atom is -0.508 e. The summed E-state index contributed by atoms with van der Waals surface area (Å²) in [4.78, 5) is 0. The van der Waals surface area contributed by atoms with Gasteiger partial charge in [-0.25, -0.2) is 0 Å². The molecule has 0 unspecified atom stereocenters. The summed E-state index contributed by atoms with van der Waals surface area (Å²) in [6, 6.07) is 13.7. The highest BCUT2D eigenvalue weighted by Crippen LogP contribution is 2.26. The number of fused-ring (bicyclic) bond motifs is 1. The molecule has 0 aliphatic heterocycles. The van der Waals surface area contributed by atoms with Gasteiger partial charge < -0.3 is 5.11 Å². The number of benzene rings is 2. The van der Waals surface area contributed by atoms with Crippen molar-refractivity contribution in [2.75, 3.05) is 5.43 Å². The van der Waals surface area contributed by atoms with Gasteiger partial charge in [-0.15, -0.1) is 0 Å². The number of nitrogens with zero attached hydrogens (tertiary/aromatic N) is 3. The Labute approximate surface area is 103 Å². The number of hydrogen-bond acceptors (Lipinski definition) is 5. The van der Waals surface area contributed by atoms with Crippen LogP contribution in [0.4, 0.5) is 5.69 Å². The summed E-state index contributed by atoms with van der Waals surface area (Å²) in [7, 11) is 0. The fourth-order valence-electron chi connectivity index (χ4n) is 1.56. The van der Waals surface area contributed by atoms with Gasteiger partial charge in [-0.3, -0.25) is 5.43 Å². The third kappa shape index (κ3) is 2.21. The largest absolute Gasteiger partial charge is 0.508 e. The van der Waals surface area contributed by atoms with Crippen LogP contribution >= 0.6 is 0 Å². The highest BCUT2D eigenvalue weighted by molar-refractivity contribution is 6.10. The SMILES string of the molecule is N#CC(C#N)=NNc1cccc2cc(O)ccc12. The Balaban J connectivity index is 2.44. The van der Waals surface area contributed by atoms with Gasteiger partial charge in [0, 0.05) is 5.39 Å². The lowest BCUT2D eigenvalue weighted by atomic mass is 10.1. The van der Waals surface area contributed by atoms with E-state index in [1.807, 2.05) is 6.07 Å². The Bertz CT molecular complexity index is 691. The van der Waals surface area contributed by atoms with Crippen molar-refractivity contribution in [1.29, 1.82) is 10.5 Å². The molecule has 2 aromatic rings. The first kappa shape index (κ1) is 11.4. The van der Waals surface area contributed by atoms with Crippen LogP contribution in [-0.2, 0) is 0 Å². The number of phenolic OH excluding ortho intramolecular Hbond substituents is 1. The second-order valence-electron chi connectivity index (χ2n) is 3.51. The fourth-order valence-corrected chi connectivity index (χ4v) is 1.56. The number of anilines is 1. The average Bonchev–Trinajstić information content (AvgIpc) is 2.39. The second kappa shape index (κ2) is 4.86. The lowest BCUT2D eigenvalue weighted by molar-refractivity contribution is 0.476. The maximum Gasteiger partial charge on any atom is 0.237 e. The van der Waals surface area contributed by atoms with E-state index in [1.165, 1.54) is 0 Å². The number of hydrazone groups is 1. The number of hydrogen-bond donors (Lipinski definition) is 2. The molecule has 18 heavy (non-hydrogen) atoms. The number of phenols is 1. The van der Waals surface area contributed by atoms with Gasteiger partial charge in [-0.2, -0.15) is 15.6 Å². The van der Waals surface area contributed by atoms with E-state index in [0.29, 0.717) is 5.69 Å². The van der Waals surface area contributed by atoms with Crippen molar-refractivity contribution in [3.63, 3.8) is 0 Å². The predicted molar refractivity (Wildman–Crippen MR) is 67.9 cm³/mol. The Morgan fingerprint density at radius 1 is 1.17 bits per heavy atom. The molecule has 0 aromatic heterocycles. The standard InChI is InChI=1S/C13H8N4O/c14-7-10(8-15)16-17-13-3-1-2-9-6-11(18)4-5-12(9)13/h1-6,17-18H. The van der Waals surface area contributed by atoms with Crippen LogP contribution in [0.5, 0.6) is 5.75 Å². The van der Waals surface area contributed by atoms with Crippen molar-refractivity contribution >= 4 is 22.2 Å². The van der Waals surface area contributed by atoms with Gasteiger partial charge in [0.05, 0.1) is 5.69 Å². The molecule has 0 saturated heterocycles. The minimum absolute atomic E-state index is 0.179. The number of nitriles is 2. The molecule has 86 valence electrons. The first-order valence-corrected chi connectivity index (χ1v) is 5.10. The Hall–Kier alpha value is -3.05. The van der Waals surface area contributed by atoms with Gasteiger partial charge in [0.15, 0.2) is 0 Å². The normalized spacial score (nSPS) is 9.22. The first-order valence-electron chi connectivity index (χ1n) is 5.10. The fraction of sp³-hybridized carbons (Fsp3) is 0. The van der Waals surface area contributed by atoms with Gasteiger partial charge in [0.2, 0.25) is 5.71 Å². The Kier molecular flexibility index (Phi) is 3.08. The average molecular weight is 236 g/mol. The van der Waals surface area contributed by atoms with Crippen LogP contribution < -0.4 is 5.43 Å². The zero-order valence-electron chi connectivity index (χ0n) is 9.25. The van der Waals surface area contributed by atoms with Crippen molar-refractivity contribution in [1.82, 2.24) is 0 Å². The van der Waals surface area contributed by atoms with Crippen molar-refractivity contribution in [2.24, 2.45) is 5.10 Å². The monoisotopic (exact) mass is 236 g/mol. The van der Waals surface area contributed by atoms with Gasteiger partial charge in [0.25, 0.3) is 0 Å². The summed E-state index contributed by atoms with van der Waals surface area (Å²) < 4.78 is 0. The Morgan fingerprint density at radius 3 is 2.67 bits per heavy atom. The van der Waals surface area contributed by atoms with Crippen molar-refractivity contribution in [3.8, 4) is 17.9 Å².